The van der Waals surface area contributed by atoms with Gasteiger partial charge in [-0.05, 0) is 24.3 Å². The first-order chi connectivity index (χ1) is 10.2. The predicted octanol–water partition coefficient (Wildman–Crippen LogP) is 2.99. The molecule has 22 heavy (non-hydrogen) atoms. The minimum atomic E-state index is -3.01. The molecule has 0 saturated carbocycles. The van der Waals surface area contributed by atoms with E-state index in [4.69, 9.17) is 4.42 Å². The standard InChI is InChI=1S/C13H13F3N4O2/c1-13(15,16)7-20(2)12(21)17-11-19-18-10(22-11)8-3-5-9(14)6-4-8/h3-6H,7H2,1-2H3,(H,17,19,21). The van der Waals surface area contributed by atoms with Crippen molar-refractivity contribution in [1.29, 1.82) is 0 Å². The van der Waals surface area contributed by atoms with Gasteiger partial charge >= 0.3 is 12.0 Å². The predicted molar refractivity (Wildman–Crippen MR) is 72.0 cm³/mol. The Bertz CT molecular complexity index is 652. The van der Waals surface area contributed by atoms with Gasteiger partial charge in [0, 0.05) is 19.5 Å². The van der Waals surface area contributed by atoms with Gasteiger partial charge < -0.3 is 9.32 Å². The number of carbonyl (C=O) groups excluding carboxylic acids is 1. The Morgan fingerprint density at radius 3 is 2.55 bits per heavy atom. The second-order valence-corrected chi connectivity index (χ2v) is 4.78. The molecule has 2 aromatic rings. The molecule has 2 amide bonds. The van der Waals surface area contributed by atoms with Crippen LogP contribution in [0.5, 0.6) is 0 Å². The van der Waals surface area contributed by atoms with Crippen molar-refractivity contribution in [2.45, 2.75) is 12.8 Å². The zero-order valence-electron chi connectivity index (χ0n) is 11.8. The quantitative estimate of drug-likeness (QED) is 0.941. The molecule has 0 spiro atoms. The van der Waals surface area contributed by atoms with Crippen LogP contribution >= 0.6 is 0 Å². The van der Waals surface area contributed by atoms with E-state index in [-0.39, 0.29) is 11.9 Å². The van der Waals surface area contributed by atoms with Crippen LogP contribution in [0.15, 0.2) is 28.7 Å². The van der Waals surface area contributed by atoms with E-state index in [2.05, 4.69) is 15.5 Å². The average molecular weight is 314 g/mol. The molecule has 6 nitrogen and oxygen atoms in total. The van der Waals surface area contributed by atoms with Gasteiger partial charge in [-0.2, -0.15) is 0 Å². The maximum atomic E-state index is 12.8. The Hall–Kier alpha value is -2.58. The molecule has 0 fully saturated rings. The van der Waals surface area contributed by atoms with Crippen molar-refractivity contribution in [3.05, 3.63) is 30.1 Å². The number of halogens is 3. The molecule has 0 aliphatic heterocycles. The summed E-state index contributed by atoms with van der Waals surface area (Å²) < 4.78 is 43.6. The number of nitrogens with one attached hydrogen (secondary N) is 1. The number of amides is 2. The molecular formula is C13H13F3N4O2. The molecule has 1 aromatic carbocycles. The summed E-state index contributed by atoms with van der Waals surface area (Å²) in [6.45, 7) is -0.0477. The highest BCUT2D eigenvalue weighted by molar-refractivity contribution is 5.86. The van der Waals surface area contributed by atoms with Crippen molar-refractivity contribution in [3.63, 3.8) is 0 Å². The molecule has 0 aliphatic rings. The van der Waals surface area contributed by atoms with E-state index in [1.165, 1.54) is 31.3 Å². The highest BCUT2D eigenvalue weighted by atomic mass is 19.3. The van der Waals surface area contributed by atoms with Crippen LogP contribution < -0.4 is 5.32 Å². The summed E-state index contributed by atoms with van der Waals surface area (Å²) >= 11 is 0. The number of hydrogen-bond acceptors (Lipinski definition) is 4. The number of benzene rings is 1. The van der Waals surface area contributed by atoms with E-state index in [1.807, 2.05) is 0 Å². The van der Waals surface area contributed by atoms with Gasteiger partial charge in [0.1, 0.15) is 5.82 Å². The number of rotatable bonds is 4. The van der Waals surface area contributed by atoms with Gasteiger partial charge in [-0.15, -0.1) is 5.10 Å². The summed E-state index contributed by atoms with van der Waals surface area (Å²) in [4.78, 5) is 12.5. The lowest BCUT2D eigenvalue weighted by Gasteiger charge is -2.20. The monoisotopic (exact) mass is 314 g/mol. The molecule has 9 heteroatoms. The number of alkyl halides is 2. The van der Waals surface area contributed by atoms with E-state index in [0.717, 1.165) is 4.90 Å². The van der Waals surface area contributed by atoms with Crippen LogP contribution in [0.2, 0.25) is 0 Å². The first-order valence-electron chi connectivity index (χ1n) is 6.24. The summed E-state index contributed by atoms with van der Waals surface area (Å²) in [5.41, 5.74) is 0.461. The first kappa shape index (κ1) is 15.8. The summed E-state index contributed by atoms with van der Waals surface area (Å²) in [5.74, 6) is -3.36. The van der Waals surface area contributed by atoms with Crippen LogP contribution in [0.4, 0.5) is 24.0 Å². The zero-order valence-corrected chi connectivity index (χ0v) is 11.8. The summed E-state index contributed by atoms with van der Waals surface area (Å²) in [6, 6.07) is 4.24. The Kier molecular flexibility index (Phi) is 4.34. The maximum Gasteiger partial charge on any atom is 0.325 e. The second kappa shape index (κ2) is 6.04. The number of anilines is 1. The molecule has 0 unspecified atom stereocenters. The fourth-order valence-electron chi connectivity index (χ4n) is 1.66. The minimum Gasteiger partial charge on any atom is -0.403 e. The van der Waals surface area contributed by atoms with E-state index in [1.54, 1.807) is 0 Å². The van der Waals surface area contributed by atoms with Gasteiger partial charge in [-0.1, -0.05) is 5.10 Å². The number of carbonyl (C=O) groups is 1. The molecule has 0 atom stereocenters. The minimum absolute atomic E-state index is 0.0683. The van der Waals surface area contributed by atoms with Crippen LogP contribution in [0.1, 0.15) is 6.92 Å². The fraction of sp³-hybridized carbons (Fsp3) is 0.308. The van der Waals surface area contributed by atoms with Gasteiger partial charge in [0.05, 0.1) is 6.54 Å². The lowest BCUT2D eigenvalue weighted by molar-refractivity contribution is 0.00165. The highest BCUT2D eigenvalue weighted by Crippen LogP contribution is 2.20. The van der Waals surface area contributed by atoms with Crippen molar-refractivity contribution in [2.24, 2.45) is 0 Å². The number of nitrogens with zero attached hydrogens (tertiary/aromatic N) is 3. The van der Waals surface area contributed by atoms with Crippen LogP contribution in [0, 0.1) is 5.82 Å². The van der Waals surface area contributed by atoms with E-state index in [0.29, 0.717) is 12.5 Å². The van der Waals surface area contributed by atoms with Gasteiger partial charge in [0.15, 0.2) is 0 Å². The lowest BCUT2D eigenvalue weighted by atomic mass is 10.2. The largest absolute Gasteiger partial charge is 0.403 e. The zero-order chi connectivity index (χ0) is 16.3. The first-order valence-corrected chi connectivity index (χ1v) is 6.24. The van der Waals surface area contributed by atoms with Crippen molar-refractivity contribution in [1.82, 2.24) is 15.1 Å². The van der Waals surface area contributed by atoms with Gasteiger partial charge in [0.2, 0.25) is 5.89 Å². The maximum absolute atomic E-state index is 12.8. The fourth-order valence-corrected chi connectivity index (χ4v) is 1.66. The topological polar surface area (TPSA) is 71.3 Å². The second-order valence-electron chi connectivity index (χ2n) is 4.78. The van der Waals surface area contributed by atoms with Crippen molar-refractivity contribution in [3.8, 4) is 11.5 Å². The Morgan fingerprint density at radius 1 is 1.32 bits per heavy atom. The number of hydrogen-bond donors (Lipinski definition) is 1. The highest BCUT2D eigenvalue weighted by Gasteiger charge is 2.26. The van der Waals surface area contributed by atoms with Crippen LogP contribution in [0.25, 0.3) is 11.5 Å². The van der Waals surface area contributed by atoms with Crippen molar-refractivity contribution in [2.75, 3.05) is 18.9 Å². The van der Waals surface area contributed by atoms with E-state index < -0.39 is 24.3 Å². The molecule has 2 rings (SSSR count). The van der Waals surface area contributed by atoms with Crippen molar-refractivity contribution < 1.29 is 22.4 Å². The molecule has 1 N–H and O–H groups in total. The third-order valence-electron chi connectivity index (χ3n) is 2.59. The van der Waals surface area contributed by atoms with Crippen LogP contribution in [-0.4, -0.2) is 40.6 Å². The van der Waals surface area contributed by atoms with Crippen LogP contribution in [0.3, 0.4) is 0 Å². The van der Waals surface area contributed by atoms with E-state index >= 15 is 0 Å². The molecular weight excluding hydrogens is 301 g/mol. The normalized spacial score (nSPS) is 11.3. The average Bonchev–Trinajstić information content (AvgIpc) is 2.86. The number of aromatic nitrogens is 2. The summed E-state index contributed by atoms with van der Waals surface area (Å²) in [6.07, 6.45) is 0. The molecule has 0 radical (unpaired) electrons. The molecule has 0 aliphatic carbocycles. The van der Waals surface area contributed by atoms with Crippen molar-refractivity contribution >= 4 is 12.0 Å². The SMILES string of the molecule is CN(CC(C)(F)F)C(=O)Nc1nnc(-c2ccc(F)cc2)o1. The Labute approximate surface area is 123 Å². The number of urea groups is 1. The van der Waals surface area contributed by atoms with Gasteiger partial charge in [-0.25, -0.2) is 18.0 Å². The smallest absolute Gasteiger partial charge is 0.325 e. The van der Waals surface area contributed by atoms with Crippen LogP contribution in [-0.2, 0) is 0 Å². The van der Waals surface area contributed by atoms with E-state index in [9.17, 15) is 18.0 Å². The Morgan fingerprint density at radius 2 is 1.95 bits per heavy atom. The molecule has 118 valence electrons. The van der Waals surface area contributed by atoms with Gasteiger partial charge in [0.25, 0.3) is 5.92 Å². The summed E-state index contributed by atoms with van der Waals surface area (Å²) in [5, 5.41) is 9.47. The lowest BCUT2D eigenvalue weighted by Crippen LogP contribution is -2.39. The molecule has 1 aromatic heterocycles. The summed E-state index contributed by atoms with van der Waals surface area (Å²) in [7, 11) is 1.21. The third kappa shape index (κ3) is 4.21. The van der Waals surface area contributed by atoms with Gasteiger partial charge in [-0.3, -0.25) is 5.32 Å². The third-order valence-corrected chi connectivity index (χ3v) is 2.59. The molecule has 1 heterocycles. The Balaban J connectivity index is 2.03. The molecule has 0 saturated heterocycles. The molecule has 0 bridgehead atoms.